The first kappa shape index (κ1) is 21.5. The van der Waals surface area contributed by atoms with Crippen LogP contribution in [0.3, 0.4) is 0 Å². The van der Waals surface area contributed by atoms with Gasteiger partial charge in [0.1, 0.15) is 10.1 Å². The van der Waals surface area contributed by atoms with Gasteiger partial charge in [0.2, 0.25) is 0 Å². The molecule has 108 valence electrons. The summed E-state index contributed by atoms with van der Waals surface area (Å²) in [6.45, 7) is 2.23. The van der Waals surface area contributed by atoms with E-state index >= 15 is 0 Å². The molecule has 0 saturated heterocycles. The summed E-state index contributed by atoms with van der Waals surface area (Å²) in [4.78, 5) is 0. The third-order valence-corrected chi connectivity index (χ3v) is 3.51. The third kappa shape index (κ3) is 20.7. The van der Waals surface area contributed by atoms with Crippen LogP contribution < -0.4 is 18.9 Å². The van der Waals surface area contributed by atoms with Gasteiger partial charge in [-0.15, -0.1) is 0 Å². The Balaban J connectivity index is 0. The second kappa shape index (κ2) is 14.7. The van der Waals surface area contributed by atoms with E-state index in [1.54, 1.807) is 0 Å². The Morgan fingerprint density at radius 1 is 0.842 bits per heavy atom. The molecule has 0 radical (unpaired) electrons. The Labute approximate surface area is 131 Å². The van der Waals surface area contributed by atoms with Gasteiger partial charge in [0, 0.05) is 5.41 Å². The Bertz CT molecular complexity index is 300. The quantitative estimate of drug-likeness (QED) is 0.308. The Morgan fingerprint density at radius 2 is 1.26 bits per heavy atom. The standard InChI is InChI=1S/C14H28O3S.Li/c1-2-3-4-5-6-7-8-9-10-11-12-13-14-18(15,16)17;/h13-14H,2-12H2,1H3,(H,15,16,17);/q;+1/p-1. The topological polar surface area (TPSA) is 57.2 Å². The van der Waals surface area contributed by atoms with E-state index in [0.717, 1.165) is 18.2 Å². The summed E-state index contributed by atoms with van der Waals surface area (Å²) >= 11 is 0. The van der Waals surface area contributed by atoms with Crippen molar-refractivity contribution < 1.29 is 31.8 Å². The number of hydrogen-bond donors (Lipinski definition) is 0. The van der Waals surface area contributed by atoms with Crippen LogP contribution >= 0.6 is 0 Å². The maximum Gasteiger partial charge on any atom is 1.00 e. The van der Waals surface area contributed by atoms with Crippen molar-refractivity contribution in [2.75, 3.05) is 0 Å². The van der Waals surface area contributed by atoms with Crippen molar-refractivity contribution in [2.45, 2.75) is 77.6 Å². The molecule has 0 N–H and O–H groups in total. The molecule has 19 heavy (non-hydrogen) atoms. The molecule has 3 nitrogen and oxygen atoms in total. The van der Waals surface area contributed by atoms with Gasteiger partial charge in [0.15, 0.2) is 0 Å². The molecule has 0 atom stereocenters. The molecule has 0 aromatic rings. The van der Waals surface area contributed by atoms with Crippen molar-refractivity contribution >= 4 is 10.1 Å². The summed E-state index contributed by atoms with van der Waals surface area (Å²) in [5, 5.41) is 0.765. The van der Waals surface area contributed by atoms with Crippen LogP contribution in [0, 0.1) is 0 Å². The van der Waals surface area contributed by atoms with Gasteiger partial charge in [-0.2, -0.15) is 0 Å². The fourth-order valence-corrected chi connectivity index (χ4v) is 2.31. The third-order valence-electron chi connectivity index (χ3n) is 2.99. The van der Waals surface area contributed by atoms with Crippen LogP contribution in [0.2, 0.25) is 0 Å². The van der Waals surface area contributed by atoms with Crippen LogP contribution in [0.25, 0.3) is 0 Å². The molecule has 0 aliphatic rings. The first-order valence-electron chi connectivity index (χ1n) is 7.18. The average molecular weight is 282 g/mol. The molecule has 0 bridgehead atoms. The zero-order valence-electron chi connectivity index (χ0n) is 12.6. The zero-order chi connectivity index (χ0) is 13.7. The molecule has 0 amide bonds. The van der Waals surface area contributed by atoms with Crippen molar-refractivity contribution in [1.29, 1.82) is 0 Å². The molecule has 0 unspecified atom stereocenters. The molecule has 0 heterocycles. The van der Waals surface area contributed by atoms with Gasteiger partial charge in [-0.3, -0.25) is 0 Å². The summed E-state index contributed by atoms with van der Waals surface area (Å²) in [5.41, 5.74) is 0. The van der Waals surface area contributed by atoms with Crippen LogP contribution in [0.15, 0.2) is 11.5 Å². The van der Waals surface area contributed by atoms with Crippen molar-refractivity contribution in [3.8, 4) is 0 Å². The zero-order valence-corrected chi connectivity index (χ0v) is 13.4. The van der Waals surface area contributed by atoms with Crippen LogP contribution in [-0.2, 0) is 10.1 Å². The molecule has 0 spiro atoms. The smallest absolute Gasteiger partial charge is 0.744 e. The van der Waals surface area contributed by atoms with Gasteiger partial charge in [-0.25, -0.2) is 8.42 Å². The van der Waals surface area contributed by atoms with Gasteiger partial charge in [-0.05, 0) is 12.8 Å². The number of hydrogen-bond acceptors (Lipinski definition) is 3. The summed E-state index contributed by atoms with van der Waals surface area (Å²) in [7, 11) is -4.17. The fourth-order valence-electron chi connectivity index (χ4n) is 1.94. The molecular formula is C14H27LiO3S. The Hall–Kier alpha value is 0.247. The molecule has 0 fully saturated rings. The predicted octanol–water partition coefficient (Wildman–Crippen LogP) is 1.36. The van der Waals surface area contributed by atoms with Crippen LogP contribution in [0.5, 0.6) is 0 Å². The maximum atomic E-state index is 10.3. The number of unbranched alkanes of at least 4 members (excludes halogenated alkanes) is 10. The van der Waals surface area contributed by atoms with Gasteiger partial charge in [0.25, 0.3) is 0 Å². The van der Waals surface area contributed by atoms with E-state index < -0.39 is 10.1 Å². The molecular weight excluding hydrogens is 255 g/mol. The van der Waals surface area contributed by atoms with Gasteiger partial charge < -0.3 is 4.55 Å². The largest absolute Gasteiger partial charge is 1.00 e. The van der Waals surface area contributed by atoms with E-state index in [4.69, 9.17) is 0 Å². The average Bonchev–Trinajstić information content (AvgIpc) is 2.29. The van der Waals surface area contributed by atoms with Crippen LogP contribution in [0.1, 0.15) is 77.6 Å². The van der Waals surface area contributed by atoms with Crippen LogP contribution in [0.4, 0.5) is 0 Å². The van der Waals surface area contributed by atoms with Gasteiger partial charge in [0.05, 0.1) is 0 Å². The first-order valence-corrected chi connectivity index (χ1v) is 8.66. The minimum Gasteiger partial charge on any atom is -0.744 e. The van der Waals surface area contributed by atoms with E-state index in [2.05, 4.69) is 6.92 Å². The van der Waals surface area contributed by atoms with Crippen LogP contribution in [-0.4, -0.2) is 13.0 Å². The fraction of sp³-hybridized carbons (Fsp3) is 0.857. The monoisotopic (exact) mass is 282 g/mol. The molecule has 0 aliphatic heterocycles. The van der Waals surface area contributed by atoms with Crippen molar-refractivity contribution in [2.24, 2.45) is 0 Å². The summed E-state index contributed by atoms with van der Waals surface area (Å²) in [5.74, 6) is 0. The van der Waals surface area contributed by atoms with E-state index in [0.29, 0.717) is 6.42 Å². The first-order chi connectivity index (χ1) is 8.56. The van der Waals surface area contributed by atoms with E-state index in [9.17, 15) is 13.0 Å². The minimum absolute atomic E-state index is 0. The van der Waals surface area contributed by atoms with E-state index in [-0.39, 0.29) is 18.9 Å². The SMILES string of the molecule is CCCCCCCCCCCCC=CS(=O)(=O)[O-].[Li+]. The number of rotatable bonds is 12. The summed E-state index contributed by atoms with van der Waals surface area (Å²) in [6, 6.07) is 0. The number of allylic oxidation sites excluding steroid dienone is 1. The van der Waals surface area contributed by atoms with Crippen molar-refractivity contribution in [1.82, 2.24) is 0 Å². The minimum atomic E-state index is -4.17. The van der Waals surface area contributed by atoms with Crippen molar-refractivity contribution in [3.63, 3.8) is 0 Å². The molecule has 0 rings (SSSR count). The second-order valence-corrected chi connectivity index (χ2v) is 6.09. The normalized spacial score (nSPS) is 11.7. The maximum absolute atomic E-state index is 10.3. The van der Waals surface area contributed by atoms with Crippen molar-refractivity contribution in [3.05, 3.63) is 11.5 Å². The molecule has 0 aromatic heterocycles. The second-order valence-electron chi connectivity index (χ2n) is 4.84. The summed E-state index contributed by atoms with van der Waals surface area (Å²) in [6.07, 6.45) is 14.8. The van der Waals surface area contributed by atoms with Gasteiger partial charge >= 0.3 is 18.9 Å². The van der Waals surface area contributed by atoms with E-state index in [1.807, 2.05) is 0 Å². The Morgan fingerprint density at radius 3 is 1.68 bits per heavy atom. The Kier molecular flexibility index (Phi) is 16.6. The molecule has 0 saturated carbocycles. The molecule has 5 heteroatoms. The predicted molar refractivity (Wildman–Crippen MR) is 75.3 cm³/mol. The molecule has 0 aliphatic carbocycles. The molecule has 0 aromatic carbocycles. The van der Waals surface area contributed by atoms with Gasteiger partial charge in [-0.1, -0.05) is 70.8 Å². The summed E-state index contributed by atoms with van der Waals surface area (Å²) < 4.78 is 30.8. The van der Waals surface area contributed by atoms with E-state index in [1.165, 1.54) is 57.4 Å².